The van der Waals surface area contributed by atoms with Gasteiger partial charge in [-0.1, -0.05) is 5.16 Å². The zero-order valence-corrected chi connectivity index (χ0v) is 10.2. The van der Waals surface area contributed by atoms with Gasteiger partial charge in [0.2, 0.25) is 5.89 Å². The lowest BCUT2D eigenvalue weighted by atomic mass is 10.1. The van der Waals surface area contributed by atoms with Crippen LogP contribution in [0, 0.1) is 11.6 Å². The maximum atomic E-state index is 13.1. The molecule has 6 heteroatoms. The number of nitrogens with two attached hydrogens (primary N) is 1. The van der Waals surface area contributed by atoms with Crippen molar-refractivity contribution in [3.05, 3.63) is 47.1 Å². The summed E-state index contributed by atoms with van der Waals surface area (Å²) in [5.41, 5.74) is 5.98. The van der Waals surface area contributed by atoms with Crippen LogP contribution in [0.3, 0.4) is 0 Å². The highest BCUT2D eigenvalue weighted by atomic mass is 19.1. The molecule has 0 spiro atoms. The lowest BCUT2D eigenvalue weighted by Gasteiger charge is -2.03. The highest BCUT2D eigenvalue weighted by molar-refractivity contribution is 5.22. The minimum atomic E-state index is -0.612. The van der Waals surface area contributed by atoms with Crippen LogP contribution in [0.5, 0.6) is 0 Å². The van der Waals surface area contributed by atoms with E-state index < -0.39 is 11.6 Å². The van der Waals surface area contributed by atoms with Crippen LogP contribution in [0.25, 0.3) is 0 Å². The zero-order chi connectivity index (χ0) is 13.5. The van der Waals surface area contributed by atoms with E-state index in [9.17, 15) is 8.78 Å². The topological polar surface area (TPSA) is 64.9 Å². The fraction of sp³-hybridized carbons (Fsp3) is 0.385. The maximum Gasteiger partial charge on any atom is 0.234 e. The van der Waals surface area contributed by atoms with E-state index in [2.05, 4.69) is 10.1 Å². The molecule has 0 atom stereocenters. The van der Waals surface area contributed by atoms with Gasteiger partial charge < -0.3 is 10.3 Å². The van der Waals surface area contributed by atoms with Crippen molar-refractivity contribution in [3.8, 4) is 0 Å². The summed E-state index contributed by atoms with van der Waals surface area (Å²) < 4.78 is 31.3. The Balaban J connectivity index is 1.80. The molecule has 100 valence electrons. The van der Waals surface area contributed by atoms with Gasteiger partial charge in [-0.05, 0) is 30.5 Å². The first kappa shape index (κ1) is 12.2. The van der Waals surface area contributed by atoms with Gasteiger partial charge in [-0.15, -0.1) is 0 Å². The summed E-state index contributed by atoms with van der Waals surface area (Å²) >= 11 is 0. The van der Waals surface area contributed by atoms with Crippen LogP contribution in [-0.2, 0) is 11.8 Å². The van der Waals surface area contributed by atoms with E-state index in [0.29, 0.717) is 23.8 Å². The Morgan fingerprint density at radius 2 is 1.89 bits per heavy atom. The molecular formula is C13H13F2N3O. The van der Waals surface area contributed by atoms with E-state index in [1.807, 2.05) is 0 Å². The van der Waals surface area contributed by atoms with Crippen molar-refractivity contribution in [3.63, 3.8) is 0 Å². The van der Waals surface area contributed by atoms with Gasteiger partial charge in [-0.2, -0.15) is 4.98 Å². The third kappa shape index (κ3) is 2.35. The first-order valence-corrected chi connectivity index (χ1v) is 6.09. The molecule has 1 saturated carbocycles. The minimum absolute atomic E-state index is 0.168. The number of nitrogens with zero attached hydrogens (tertiary/aromatic N) is 2. The van der Waals surface area contributed by atoms with Crippen molar-refractivity contribution in [1.82, 2.24) is 10.1 Å². The molecule has 1 aliphatic carbocycles. The van der Waals surface area contributed by atoms with Gasteiger partial charge in [-0.3, -0.25) is 0 Å². The molecule has 1 aromatic heterocycles. The van der Waals surface area contributed by atoms with E-state index in [4.69, 9.17) is 10.3 Å². The average Bonchev–Trinajstić information content (AvgIpc) is 3.02. The fourth-order valence-electron chi connectivity index (χ4n) is 2.09. The number of rotatable bonds is 4. The fourth-order valence-corrected chi connectivity index (χ4v) is 2.09. The van der Waals surface area contributed by atoms with Crippen molar-refractivity contribution in [2.45, 2.75) is 24.7 Å². The molecule has 0 bridgehead atoms. The van der Waals surface area contributed by atoms with E-state index in [-0.39, 0.29) is 11.8 Å². The Kier molecular flexibility index (Phi) is 2.82. The molecule has 2 aromatic rings. The van der Waals surface area contributed by atoms with Crippen molar-refractivity contribution in [2.24, 2.45) is 5.73 Å². The molecule has 2 N–H and O–H groups in total. The van der Waals surface area contributed by atoms with Crippen molar-refractivity contribution in [1.29, 1.82) is 0 Å². The highest BCUT2D eigenvalue weighted by Crippen LogP contribution is 2.46. The first-order valence-electron chi connectivity index (χ1n) is 6.09. The van der Waals surface area contributed by atoms with Crippen molar-refractivity contribution >= 4 is 0 Å². The number of hydrogen-bond acceptors (Lipinski definition) is 4. The molecule has 0 radical (unpaired) electrons. The SMILES string of the molecule is NCC1(c2nc(Cc3cc(F)cc(F)c3)no2)CC1. The van der Waals surface area contributed by atoms with Crippen LogP contribution in [0.1, 0.15) is 30.1 Å². The maximum absolute atomic E-state index is 13.1. The van der Waals surface area contributed by atoms with Gasteiger partial charge in [0.15, 0.2) is 5.82 Å². The van der Waals surface area contributed by atoms with Gasteiger partial charge in [0.05, 0.1) is 5.41 Å². The summed E-state index contributed by atoms with van der Waals surface area (Å²) in [7, 11) is 0. The molecule has 19 heavy (non-hydrogen) atoms. The Hall–Kier alpha value is -1.82. The molecule has 1 aliphatic rings. The first-order chi connectivity index (χ1) is 9.11. The second-order valence-electron chi connectivity index (χ2n) is 4.95. The minimum Gasteiger partial charge on any atom is -0.339 e. The average molecular weight is 265 g/mol. The van der Waals surface area contributed by atoms with Gasteiger partial charge in [0.1, 0.15) is 11.6 Å². The summed E-state index contributed by atoms with van der Waals surface area (Å²) in [6.07, 6.45) is 2.12. The van der Waals surface area contributed by atoms with Crippen molar-refractivity contribution in [2.75, 3.05) is 6.54 Å². The number of benzene rings is 1. The van der Waals surface area contributed by atoms with E-state index in [1.165, 1.54) is 12.1 Å². The Morgan fingerprint density at radius 1 is 1.21 bits per heavy atom. The number of aromatic nitrogens is 2. The standard InChI is InChI=1S/C13H13F2N3O/c14-9-3-8(4-10(15)6-9)5-11-17-12(19-18-11)13(7-16)1-2-13/h3-4,6H,1-2,5,7,16H2. The summed E-state index contributed by atoms with van der Waals surface area (Å²) in [6, 6.07) is 3.35. The van der Waals surface area contributed by atoms with Crippen LogP contribution in [0.4, 0.5) is 8.78 Å². The molecule has 0 saturated heterocycles. The molecule has 0 amide bonds. The summed E-state index contributed by atoms with van der Waals surface area (Å²) in [4.78, 5) is 4.27. The van der Waals surface area contributed by atoms with Crippen LogP contribution >= 0.6 is 0 Å². The lowest BCUT2D eigenvalue weighted by molar-refractivity contribution is 0.344. The van der Waals surface area contributed by atoms with Crippen LogP contribution in [0.15, 0.2) is 22.7 Å². The molecule has 1 fully saturated rings. The predicted molar refractivity (Wildman–Crippen MR) is 63.4 cm³/mol. The third-order valence-corrected chi connectivity index (χ3v) is 3.45. The Morgan fingerprint density at radius 3 is 2.47 bits per heavy atom. The number of hydrogen-bond donors (Lipinski definition) is 1. The second kappa shape index (κ2) is 4.38. The Bertz CT molecular complexity index is 587. The molecular weight excluding hydrogens is 252 g/mol. The molecule has 3 rings (SSSR count). The predicted octanol–water partition coefficient (Wildman–Crippen LogP) is 1.93. The Labute approximate surface area is 108 Å². The largest absolute Gasteiger partial charge is 0.339 e. The second-order valence-corrected chi connectivity index (χ2v) is 4.95. The highest BCUT2D eigenvalue weighted by Gasteiger charge is 2.48. The van der Waals surface area contributed by atoms with Gasteiger partial charge >= 0.3 is 0 Å². The smallest absolute Gasteiger partial charge is 0.234 e. The van der Waals surface area contributed by atoms with Crippen LogP contribution in [0.2, 0.25) is 0 Å². The zero-order valence-electron chi connectivity index (χ0n) is 10.2. The van der Waals surface area contributed by atoms with Crippen LogP contribution in [-0.4, -0.2) is 16.7 Å². The summed E-state index contributed by atoms with van der Waals surface area (Å²) in [5.74, 6) is -0.278. The number of halogens is 2. The molecule has 4 nitrogen and oxygen atoms in total. The lowest BCUT2D eigenvalue weighted by Crippen LogP contribution is -2.20. The summed E-state index contributed by atoms with van der Waals surface area (Å²) in [6.45, 7) is 0.475. The van der Waals surface area contributed by atoms with Gasteiger partial charge in [0, 0.05) is 19.0 Å². The third-order valence-electron chi connectivity index (χ3n) is 3.45. The van der Waals surface area contributed by atoms with Crippen molar-refractivity contribution < 1.29 is 13.3 Å². The monoisotopic (exact) mass is 265 g/mol. The molecule has 0 unspecified atom stereocenters. The van der Waals surface area contributed by atoms with Gasteiger partial charge in [0.25, 0.3) is 0 Å². The molecule has 1 heterocycles. The molecule has 0 aliphatic heterocycles. The normalized spacial score (nSPS) is 16.6. The van der Waals surface area contributed by atoms with E-state index in [1.54, 1.807) is 0 Å². The van der Waals surface area contributed by atoms with E-state index >= 15 is 0 Å². The molecule has 1 aromatic carbocycles. The van der Waals surface area contributed by atoms with Crippen LogP contribution < -0.4 is 5.73 Å². The van der Waals surface area contributed by atoms with Gasteiger partial charge in [-0.25, -0.2) is 8.78 Å². The summed E-state index contributed by atoms with van der Waals surface area (Å²) in [5, 5.41) is 3.84. The quantitative estimate of drug-likeness (QED) is 0.917. The van der Waals surface area contributed by atoms with E-state index in [0.717, 1.165) is 18.9 Å².